The summed E-state index contributed by atoms with van der Waals surface area (Å²) in [5.74, 6) is -0.941. The number of halogens is 2. The maximum absolute atomic E-state index is 11.3. The lowest BCUT2D eigenvalue weighted by atomic mass is 10.0. The number of phenolic OH excluding ortho intramolecular Hbond substituents is 1. The minimum absolute atomic E-state index is 0.0336. The number of carboxylic acids is 1. The Morgan fingerprint density at radius 3 is 2.60 bits per heavy atom. The zero-order chi connectivity index (χ0) is 14.9. The van der Waals surface area contributed by atoms with Gasteiger partial charge in [-0.15, -0.1) is 0 Å². The van der Waals surface area contributed by atoms with Crippen LogP contribution >= 0.6 is 23.2 Å². The fraction of sp³-hybridized carbons (Fsp3) is 0.385. The molecule has 0 radical (unpaired) electrons. The van der Waals surface area contributed by atoms with Gasteiger partial charge in [0, 0.05) is 12.1 Å². The predicted molar refractivity (Wildman–Crippen MR) is 77.7 cm³/mol. The van der Waals surface area contributed by atoms with Crippen molar-refractivity contribution in [2.45, 2.75) is 25.3 Å². The van der Waals surface area contributed by atoms with Crippen molar-refractivity contribution >= 4 is 35.4 Å². The Kier molecular flexibility index (Phi) is 4.11. The van der Waals surface area contributed by atoms with Gasteiger partial charge in [0.2, 0.25) is 0 Å². The molecule has 1 saturated heterocycles. The van der Waals surface area contributed by atoms with Gasteiger partial charge < -0.3 is 10.2 Å². The minimum atomic E-state index is -1.01. The molecule has 20 heavy (non-hydrogen) atoms. The number of aromatic hydroxyl groups is 1. The summed E-state index contributed by atoms with van der Waals surface area (Å²) in [6, 6.07) is 2.71. The topological polar surface area (TPSA) is 73.1 Å². The predicted octanol–water partition coefficient (Wildman–Crippen LogP) is 2.97. The van der Waals surface area contributed by atoms with Gasteiger partial charge in [0.25, 0.3) is 0 Å². The summed E-state index contributed by atoms with van der Waals surface area (Å²) >= 11 is 12.0. The fourth-order valence-electron chi connectivity index (χ4n) is 2.17. The SMILES string of the molecule is CC1(C(=O)O)CCCN1N=Cc1c(Cl)cc(O)cc1Cl. The number of hydrazone groups is 1. The second-order valence-electron chi connectivity index (χ2n) is 4.87. The highest BCUT2D eigenvalue weighted by molar-refractivity contribution is 6.38. The molecule has 0 saturated carbocycles. The highest BCUT2D eigenvalue weighted by Gasteiger charge is 2.43. The molecule has 0 aromatic heterocycles. The second-order valence-corrected chi connectivity index (χ2v) is 5.69. The highest BCUT2D eigenvalue weighted by atomic mass is 35.5. The summed E-state index contributed by atoms with van der Waals surface area (Å²) < 4.78 is 0. The third-order valence-electron chi connectivity index (χ3n) is 3.45. The number of rotatable bonds is 3. The molecule has 1 heterocycles. The fourth-order valence-corrected chi connectivity index (χ4v) is 2.75. The van der Waals surface area contributed by atoms with Crippen LogP contribution in [0.1, 0.15) is 25.3 Å². The van der Waals surface area contributed by atoms with Crippen LogP contribution in [0.2, 0.25) is 10.0 Å². The van der Waals surface area contributed by atoms with Gasteiger partial charge in [0.1, 0.15) is 5.75 Å². The van der Waals surface area contributed by atoms with Crippen molar-refractivity contribution < 1.29 is 15.0 Å². The van der Waals surface area contributed by atoms with Gasteiger partial charge >= 0.3 is 5.97 Å². The number of benzene rings is 1. The van der Waals surface area contributed by atoms with Gasteiger partial charge in [0.15, 0.2) is 5.54 Å². The molecule has 0 aliphatic carbocycles. The zero-order valence-electron chi connectivity index (χ0n) is 10.8. The molecule has 0 amide bonds. The lowest BCUT2D eigenvalue weighted by Gasteiger charge is -2.28. The standard InChI is InChI=1S/C13H14Cl2N2O3/c1-13(12(19)20)3-2-4-17(13)16-7-9-10(14)5-8(18)6-11(9)15/h5-7,18H,2-4H2,1H3,(H,19,20). The molecule has 1 aromatic carbocycles. The van der Waals surface area contributed by atoms with Gasteiger partial charge in [-0.1, -0.05) is 23.2 Å². The quantitative estimate of drug-likeness (QED) is 0.841. The van der Waals surface area contributed by atoms with Gasteiger partial charge in [-0.3, -0.25) is 5.01 Å². The van der Waals surface area contributed by atoms with Crippen molar-refractivity contribution in [2.24, 2.45) is 5.10 Å². The first kappa shape index (κ1) is 14.9. The van der Waals surface area contributed by atoms with Gasteiger partial charge in [-0.05, 0) is 31.9 Å². The van der Waals surface area contributed by atoms with E-state index in [9.17, 15) is 15.0 Å². The number of phenols is 1. The summed E-state index contributed by atoms with van der Waals surface area (Å²) in [4.78, 5) is 11.3. The summed E-state index contributed by atoms with van der Waals surface area (Å²) in [5.41, 5.74) is -0.558. The first-order chi connectivity index (χ1) is 9.34. The Bertz CT molecular complexity index is 554. The van der Waals surface area contributed by atoms with E-state index < -0.39 is 11.5 Å². The van der Waals surface area contributed by atoms with Crippen LogP contribution in [-0.2, 0) is 4.79 Å². The molecule has 2 N–H and O–H groups in total. The van der Waals surface area contributed by atoms with Crippen molar-refractivity contribution in [1.82, 2.24) is 5.01 Å². The van der Waals surface area contributed by atoms with E-state index in [1.54, 1.807) is 6.92 Å². The largest absolute Gasteiger partial charge is 0.508 e. The number of hydrogen-bond acceptors (Lipinski definition) is 4. The molecule has 1 aliphatic heterocycles. The maximum atomic E-state index is 11.3. The first-order valence-electron chi connectivity index (χ1n) is 6.07. The normalized spacial score (nSPS) is 22.6. The highest BCUT2D eigenvalue weighted by Crippen LogP contribution is 2.31. The smallest absolute Gasteiger partial charge is 0.330 e. The summed E-state index contributed by atoms with van der Waals surface area (Å²) in [7, 11) is 0. The van der Waals surface area contributed by atoms with Crippen molar-refractivity contribution in [1.29, 1.82) is 0 Å². The lowest BCUT2D eigenvalue weighted by molar-refractivity contribution is -0.148. The van der Waals surface area contributed by atoms with Gasteiger partial charge in [-0.25, -0.2) is 4.79 Å². The van der Waals surface area contributed by atoms with Crippen molar-refractivity contribution in [3.05, 3.63) is 27.7 Å². The van der Waals surface area contributed by atoms with Crippen LogP contribution in [0.3, 0.4) is 0 Å². The molecule has 0 spiro atoms. The molecule has 1 atom stereocenters. The average molecular weight is 317 g/mol. The third-order valence-corrected chi connectivity index (χ3v) is 4.08. The molecular formula is C13H14Cl2N2O3. The Morgan fingerprint density at radius 2 is 2.05 bits per heavy atom. The van der Waals surface area contributed by atoms with E-state index in [1.165, 1.54) is 23.4 Å². The summed E-state index contributed by atoms with van der Waals surface area (Å²) in [5, 5.41) is 24.9. The molecule has 5 nitrogen and oxygen atoms in total. The third kappa shape index (κ3) is 2.69. The molecule has 1 aromatic rings. The number of hydrogen-bond donors (Lipinski definition) is 2. The minimum Gasteiger partial charge on any atom is -0.508 e. The van der Waals surface area contributed by atoms with Crippen LogP contribution in [-0.4, -0.2) is 39.5 Å². The molecular weight excluding hydrogens is 303 g/mol. The van der Waals surface area contributed by atoms with Crippen LogP contribution in [0.5, 0.6) is 5.75 Å². The second kappa shape index (κ2) is 5.50. The maximum Gasteiger partial charge on any atom is 0.330 e. The Labute approximate surface area is 126 Å². The molecule has 1 aliphatic rings. The van der Waals surface area contributed by atoms with E-state index in [-0.39, 0.29) is 15.8 Å². The molecule has 7 heteroatoms. The van der Waals surface area contributed by atoms with Crippen LogP contribution in [0.4, 0.5) is 0 Å². The van der Waals surface area contributed by atoms with E-state index >= 15 is 0 Å². The molecule has 1 fully saturated rings. The zero-order valence-corrected chi connectivity index (χ0v) is 12.3. The molecule has 108 valence electrons. The van der Waals surface area contributed by atoms with E-state index in [1.807, 2.05) is 0 Å². The van der Waals surface area contributed by atoms with Gasteiger partial charge in [0.05, 0.1) is 16.3 Å². The number of nitrogens with zero attached hydrogens (tertiary/aromatic N) is 2. The summed E-state index contributed by atoms with van der Waals surface area (Å²) in [6.07, 6.45) is 2.73. The molecule has 0 bridgehead atoms. The number of aliphatic carboxylic acids is 1. The Balaban J connectivity index is 2.28. The van der Waals surface area contributed by atoms with Crippen LogP contribution in [0.25, 0.3) is 0 Å². The lowest BCUT2D eigenvalue weighted by Crippen LogP contribution is -2.45. The Morgan fingerprint density at radius 1 is 1.45 bits per heavy atom. The van der Waals surface area contributed by atoms with Crippen LogP contribution in [0.15, 0.2) is 17.2 Å². The molecule has 1 unspecified atom stereocenters. The van der Waals surface area contributed by atoms with E-state index in [0.717, 1.165) is 6.42 Å². The van der Waals surface area contributed by atoms with Gasteiger partial charge in [-0.2, -0.15) is 5.10 Å². The average Bonchev–Trinajstić information content (AvgIpc) is 2.71. The van der Waals surface area contributed by atoms with E-state index in [0.29, 0.717) is 18.5 Å². The number of carbonyl (C=O) groups is 1. The van der Waals surface area contributed by atoms with Crippen LogP contribution in [0, 0.1) is 0 Å². The van der Waals surface area contributed by atoms with Crippen molar-refractivity contribution in [2.75, 3.05) is 6.54 Å². The number of carboxylic acid groups (broad SMARTS) is 1. The summed E-state index contributed by atoms with van der Waals surface area (Å²) in [6.45, 7) is 2.20. The van der Waals surface area contributed by atoms with Crippen LogP contribution < -0.4 is 0 Å². The van der Waals surface area contributed by atoms with Crippen molar-refractivity contribution in [3.8, 4) is 5.75 Å². The van der Waals surface area contributed by atoms with E-state index in [2.05, 4.69) is 5.10 Å². The van der Waals surface area contributed by atoms with E-state index in [4.69, 9.17) is 23.2 Å². The molecule has 2 rings (SSSR count). The monoisotopic (exact) mass is 316 g/mol. The van der Waals surface area contributed by atoms with Crippen molar-refractivity contribution in [3.63, 3.8) is 0 Å². The first-order valence-corrected chi connectivity index (χ1v) is 6.83. The Hall–Kier alpha value is -1.46.